The maximum atomic E-state index is 13.3. The monoisotopic (exact) mass is 388 g/mol. The van der Waals surface area contributed by atoms with Crippen molar-refractivity contribution < 1.29 is 14.4 Å². The molecule has 1 aromatic rings. The predicted octanol–water partition coefficient (Wildman–Crippen LogP) is 3.10. The number of aromatic amines is 1. The van der Waals surface area contributed by atoms with Crippen LogP contribution < -0.4 is 0 Å². The van der Waals surface area contributed by atoms with Crippen LogP contribution in [0, 0.1) is 5.92 Å². The average molecular weight is 389 g/mol. The molecule has 4 amide bonds. The number of unbranched alkanes of at least 4 members (excludes halogenated alkanes) is 2. The van der Waals surface area contributed by atoms with E-state index in [0.717, 1.165) is 19.3 Å². The van der Waals surface area contributed by atoms with Gasteiger partial charge in [0.15, 0.2) is 0 Å². The van der Waals surface area contributed by atoms with Crippen molar-refractivity contribution in [3.63, 3.8) is 0 Å². The van der Waals surface area contributed by atoms with Crippen LogP contribution in [-0.4, -0.2) is 69.2 Å². The summed E-state index contributed by atoms with van der Waals surface area (Å²) < 4.78 is 0. The second-order valence-electron chi connectivity index (χ2n) is 8.36. The van der Waals surface area contributed by atoms with Crippen molar-refractivity contribution >= 4 is 17.8 Å². The Labute approximate surface area is 167 Å². The first-order chi connectivity index (χ1) is 13.4. The van der Waals surface area contributed by atoms with E-state index in [-0.39, 0.29) is 23.8 Å². The zero-order chi connectivity index (χ0) is 20.3. The normalized spacial score (nSPS) is 19.4. The lowest BCUT2D eigenvalue weighted by Crippen LogP contribution is -2.58. The topological polar surface area (TPSA) is 76.7 Å². The molecule has 7 nitrogen and oxygen atoms in total. The number of likely N-dealkylation sites (tertiary alicyclic amines) is 1. The number of rotatable bonds is 7. The van der Waals surface area contributed by atoms with Crippen LogP contribution in [0.1, 0.15) is 63.4 Å². The van der Waals surface area contributed by atoms with Gasteiger partial charge in [-0.2, -0.15) is 0 Å². The molecule has 3 rings (SSSR count). The highest BCUT2D eigenvalue weighted by atomic mass is 16.2. The third-order valence-electron chi connectivity index (χ3n) is 5.86. The van der Waals surface area contributed by atoms with Gasteiger partial charge in [0.05, 0.1) is 0 Å². The fourth-order valence-corrected chi connectivity index (χ4v) is 4.31. The highest BCUT2D eigenvalue weighted by molar-refractivity contribution is 6.07. The number of carbonyl (C=O) groups is 3. The number of carbonyl (C=O) groups excluding carboxylic acids is 3. The molecule has 3 heterocycles. The molecule has 0 atom stereocenters. The summed E-state index contributed by atoms with van der Waals surface area (Å²) in [5.41, 5.74) is -0.231. The SMILES string of the molecule is CCCCCN1C(=O)N(CC(C)C)C2(CCN(C(=O)c3ccc[nH]3)CC2)C1=O. The molecule has 0 radical (unpaired) electrons. The maximum absolute atomic E-state index is 13.3. The van der Waals surface area contributed by atoms with Crippen LogP contribution in [0.2, 0.25) is 0 Å². The molecule has 154 valence electrons. The molecule has 0 bridgehead atoms. The Morgan fingerprint density at radius 1 is 1.21 bits per heavy atom. The van der Waals surface area contributed by atoms with E-state index in [9.17, 15) is 14.4 Å². The first-order valence-electron chi connectivity index (χ1n) is 10.5. The van der Waals surface area contributed by atoms with Crippen molar-refractivity contribution in [3.05, 3.63) is 24.0 Å². The van der Waals surface area contributed by atoms with Gasteiger partial charge < -0.3 is 14.8 Å². The van der Waals surface area contributed by atoms with Gasteiger partial charge in [-0.3, -0.25) is 14.5 Å². The number of hydrogen-bond acceptors (Lipinski definition) is 3. The molecule has 0 unspecified atom stereocenters. The Balaban J connectivity index is 1.76. The quantitative estimate of drug-likeness (QED) is 0.576. The summed E-state index contributed by atoms with van der Waals surface area (Å²) in [4.78, 5) is 47.0. The van der Waals surface area contributed by atoms with Crippen LogP contribution >= 0.6 is 0 Å². The van der Waals surface area contributed by atoms with Crippen LogP contribution in [0.4, 0.5) is 4.79 Å². The van der Waals surface area contributed by atoms with Crippen LogP contribution in [-0.2, 0) is 4.79 Å². The molecular weight excluding hydrogens is 356 g/mol. The molecule has 0 aromatic carbocycles. The fourth-order valence-electron chi connectivity index (χ4n) is 4.31. The minimum Gasteiger partial charge on any atom is -0.357 e. The van der Waals surface area contributed by atoms with Crippen LogP contribution in [0.15, 0.2) is 18.3 Å². The maximum Gasteiger partial charge on any atom is 0.327 e. The fraction of sp³-hybridized carbons (Fsp3) is 0.667. The highest BCUT2D eigenvalue weighted by Crippen LogP contribution is 2.38. The third-order valence-corrected chi connectivity index (χ3v) is 5.86. The van der Waals surface area contributed by atoms with Gasteiger partial charge in [0.2, 0.25) is 0 Å². The zero-order valence-electron chi connectivity index (χ0n) is 17.2. The van der Waals surface area contributed by atoms with E-state index in [1.54, 1.807) is 28.1 Å². The number of urea groups is 1. The van der Waals surface area contributed by atoms with Crippen LogP contribution in [0.3, 0.4) is 0 Å². The molecule has 2 aliphatic rings. The number of nitrogens with zero attached hydrogens (tertiary/aromatic N) is 3. The molecule has 0 saturated carbocycles. The summed E-state index contributed by atoms with van der Waals surface area (Å²) >= 11 is 0. The molecule has 0 aliphatic carbocycles. The predicted molar refractivity (Wildman–Crippen MR) is 107 cm³/mol. The molecule has 1 aromatic heterocycles. The number of amides is 4. The van der Waals surface area contributed by atoms with E-state index in [0.29, 0.717) is 44.7 Å². The van der Waals surface area contributed by atoms with E-state index >= 15 is 0 Å². The summed E-state index contributed by atoms with van der Waals surface area (Å²) in [5, 5.41) is 0. The molecule has 2 saturated heterocycles. The van der Waals surface area contributed by atoms with Crippen molar-refractivity contribution in [3.8, 4) is 0 Å². The third kappa shape index (κ3) is 3.66. The molecule has 7 heteroatoms. The lowest BCUT2D eigenvalue weighted by atomic mass is 9.85. The number of piperidine rings is 1. The van der Waals surface area contributed by atoms with Crippen molar-refractivity contribution in [1.29, 1.82) is 0 Å². The van der Waals surface area contributed by atoms with Gasteiger partial charge in [-0.1, -0.05) is 33.6 Å². The summed E-state index contributed by atoms with van der Waals surface area (Å²) in [7, 11) is 0. The minimum atomic E-state index is -0.792. The lowest BCUT2D eigenvalue weighted by Gasteiger charge is -2.42. The second-order valence-corrected chi connectivity index (χ2v) is 8.36. The molecule has 2 fully saturated rings. The number of hydrogen-bond donors (Lipinski definition) is 1. The number of imide groups is 1. The van der Waals surface area contributed by atoms with Gasteiger partial charge in [-0.15, -0.1) is 0 Å². The summed E-state index contributed by atoms with van der Waals surface area (Å²) in [6.45, 7) is 8.26. The summed E-state index contributed by atoms with van der Waals surface area (Å²) in [6, 6.07) is 3.41. The van der Waals surface area contributed by atoms with Crippen LogP contribution in [0.5, 0.6) is 0 Å². The average Bonchev–Trinajstić information content (AvgIpc) is 3.27. The number of H-pyrrole nitrogens is 1. The van der Waals surface area contributed by atoms with Gasteiger partial charge >= 0.3 is 6.03 Å². The first kappa shape index (κ1) is 20.4. The zero-order valence-corrected chi connectivity index (χ0v) is 17.2. The highest BCUT2D eigenvalue weighted by Gasteiger charge is 2.57. The van der Waals surface area contributed by atoms with Gasteiger partial charge in [-0.25, -0.2) is 4.79 Å². The van der Waals surface area contributed by atoms with Gasteiger partial charge in [0, 0.05) is 32.4 Å². The second kappa shape index (κ2) is 8.37. The van der Waals surface area contributed by atoms with Crippen molar-refractivity contribution in [2.24, 2.45) is 5.92 Å². The van der Waals surface area contributed by atoms with E-state index in [1.165, 1.54) is 4.90 Å². The molecule has 1 spiro atoms. The van der Waals surface area contributed by atoms with E-state index in [1.807, 2.05) is 0 Å². The van der Waals surface area contributed by atoms with Crippen molar-refractivity contribution in [2.45, 2.75) is 58.4 Å². The standard InChI is InChI=1S/C21H32N4O3/c1-4-5-6-12-24-19(27)21(25(20(24)28)15-16(2)3)9-13-23(14-10-21)18(26)17-8-7-11-22-17/h7-8,11,16,22H,4-6,9-10,12-15H2,1-3H3. The van der Waals surface area contributed by atoms with E-state index in [4.69, 9.17) is 0 Å². The van der Waals surface area contributed by atoms with E-state index in [2.05, 4.69) is 25.8 Å². The molecule has 28 heavy (non-hydrogen) atoms. The summed E-state index contributed by atoms with van der Waals surface area (Å²) in [5.74, 6) is 0.163. The van der Waals surface area contributed by atoms with Crippen molar-refractivity contribution in [2.75, 3.05) is 26.2 Å². The number of nitrogens with one attached hydrogen (secondary N) is 1. The van der Waals surface area contributed by atoms with Gasteiger partial charge in [-0.05, 0) is 37.3 Å². The largest absolute Gasteiger partial charge is 0.357 e. The Morgan fingerprint density at radius 2 is 1.93 bits per heavy atom. The number of aromatic nitrogens is 1. The molecule has 1 N–H and O–H groups in total. The Bertz CT molecular complexity index is 705. The lowest BCUT2D eigenvalue weighted by molar-refractivity contribution is -0.135. The van der Waals surface area contributed by atoms with Gasteiger partial charge in [0.25, 0.3) is 11.8 Å². The van der Waals surface area contributed by atoms with Crippen molar-refractivity contribution in [1.82, 2.24) is 19.7 Å². The summed E-state index contributed by atoms with van der Waals surface area (Å²) in [6.07, 6.45) is 5.63. The smallest absolute Gasteiger partial charge is 0.327 e. The Morgan fingerprint density at radius 3 is 2.50 bits per heavy atom. The van der Waals surface area contributed by atoms with Crippen LogP contribution in [0.25, 0.3) is 0 Å². The minimum absolute atomic E-state index is 0.0492. The first-order valence-corrected chi connectivity index (χ1v) is 10.5. The Kier molecular flexibility index (Phi) is 6.10. The molecular formula is C21H32N4O3. The van der Waals surface area contributed by atoms with Gasteiger partial charge in [0.1, 0.15) is 11.2 Å². The molecule has 2 aliphatic heterocycles. The van der Waals surface area contributed by atoms with E-state index < -0.39 is 5.54 Å². The Hall–Kier alpha value is -2.31.